The Hall–Kier alpha value is -2.90. The average molecular weight is 316 g/mol. The van der Waals surface area contributed by atoms with Gasteiger partial charge in [0.25, 0.3) is 5.91 Å². The van der Waals surface area contributed by atoms with E-state index < -0.39 is 16.4 Å². The lowest BCUT2D eigenvalue weighted by molar-refractivity contribution is -0.385. The van der Waals surface area contributed by atoms with Gasteiger partial charge in [-0.3, -0.25) is 20.0 Å². The molecule has 0 spiro atoms. The van der Waals surface area contributed by atoms with Crippen LogP contribution in [0.3, 0.4) is 0 Å². The number of nitrogens with one attached hydrogen (secondary N) is 1. The van der Waals surface area contributed by atoms with Gasteiger partial charge in [-0.2, -0.15) is 5.10 Å². The molecule has 1 aromatic carbocycles. The van der Waals surface area contributed by atoms with E-state index >= 15 is 0 Å². The summed E-state index contributed by atoms with van der Waals surface area (Å²) in [5, 5.41) is 27.2. The van der Waals surface area contributed by atoms with Crippen LogP contribution >= 0.6 is 0 Å². The summed E-state index contributed by atoms with van der Waals surface area (Å²) in [5.41, 5.74) is 0.763. The molecule has 1 aliphatic rings. The number of nitro groups is 1. The molecule has 2 N–H and O–H groups in total. The van der Waals surface area contributed by atoms with Gasteiger partial charge in [0, 0.05) is 29.9 Å². The Balaban J connectivity index is 1.89. The van der Waals surface area contributed by atoms with Gasteiger partial charge in [0.15, 0.2) is 5.75 Å². The Morgan fingerprint density at radius 3 is 2.91 bits per heavy atom. The first-order chi connectivity index (χ1) is 11.1. The summed E-state index contributed by atoms with van der Waals surface area (Å²) in [6.45, 7) is 0.604. The molecule has 0 saturated carbocycles. The highest BCUT2D eigenvalue weighted by Gasteiger charge is 2.30. The maximum absolute atomic E-state index is 12.8. The van der Waals surface area contributed by atoms with Gasteiger partial charge >= 0.3 is 5.69 Å². The van der Waals surface area contributed by atoms with E-state index in [1.807, 2.05) is 0 Å². The van der Waals surface area contributed by atoms with E-state index in [0.29, 0.717) is 6.54 Å². The minimum atomic E-state index is -0.682. The fraction of sp³-hybridized carbons (Fsp3) is 0.333. The zero-order valence-corrected chi connectivity index (χ0v) is 12.3. The first-order valence-corrected chi connectivity index (χ1v) is 7.35. The molecule has 2 aromatic rings. The zero-order valence-electron chi connectivity index (χ0n) is 12.3. The number of nitro benzene ring substituents is 1. The number of hydrogen-bond acceptors (Lipinski definition) is 5. The number of hydrogen-bond donors (Lipinski definition) is 2. The molecule has 0 radical (unpaired) electrons. The number of aromatic amines is 1. The van der Waals surface area contributed by atoms with Crippen LogP contribution < -0.4 is 0 Å². The second kappa shape index (κ2) is 6.07. The number of phenols is 1. The predicted octanol–water partition coefficient (Wildman–Crippen LogP) is 2.39. The summed E-state index contributed by atoms with van der Waals surface area (Å²) in [5.74, 6) is -0.751. The van der Waals surface area contributed by atoms with Gasteiger partial charge in [-0.25, -0.2) is 0 Å². The Kier molecular flexibility index (Phi) is 3.96. The number of nitrogens with zero attached hydrogens (tertiary/aromatic N) is 3. The van der Waals surface area contributed by atoms with E-state index in [0.717, 1.165) is 37.0 Å². The third-order valence-electron chi connectivity index (χ3n) is 4.09. The summed E-state index contributed by atoms with van der Waals surface area (Å²) in [4.78, 5) is 24.6. The number of H-pyrrole nitrogens is 1. The molecule has 1 fully saturated rings. The van der Waals surface area contributed by atoms with Crippen molar-refractivity contribution in [3.8, 4) is 5.75 Å². The first-order valence-electron chi connectivity index (χ1n) is 7.35. The van der Waals surface area contributed by atoms with Crippen molar-refractivity contribution in [2.75, 3.05) is 6.54 Å². The van der Waals surface area contributed by atoms with Crippen molar-refractivity contribution in [3.63, 3.8) is 0 Å². The summed E-state index contributed by atoms with van der Waals surface area (Å²) in [7, 11) is 0. The molecular weight excluding hydrogens is 300 g/mol. The van der Waals surface area contributed by atoms with Crippen molar-refractivity contribution in [3.05, 3.63) is 51.8 Å². The Labute approximate surface area is 131 Å². The van der Waals surface area contributed by atoms with Gasteiger partial charge < -0.3 is 10.0 Å². The first kappa shape index (κ1) is 15.0. The summed E-state index contributed by atoms with van der Waals surface area (Å²) in [6, 6.07) is 3.61. The number of piperidine rings is 1. The molecule has 1 atom stereocenters. The van der Waals surface area contributed by atoms with Crippen LogP contribution in [-0.2, 0) is 0 Å². The lowest BCUT2D eigenvalue weighted by Gasteiger charge is -2.35. The van der Waals surface area contributed by atoms with Crippen molar-refractivity contribution < 1.29 is 14.8 Å². The van der Waals surface area contributed by atoms with Crippen LogP contribution in [0.15, 0.2) is 30.6 Å². The van der Waals surface area contributed by atoms with E-state index in [4.69, 9.17) is 0 Å². The quantitative estimate of drug-likeness (QED) is 0.667. The third-order valence-corrected chi connectivity index (χ3v) is 4.09. The smallest absolute Gasteiger partial charge is 0.310 e. The van der Waals surface area contributed by atoms with Crippen LogP contribution in [0.4, 0.5) is 5.69 Å². The number of likely N-dealkylation sites (tertiary alicyclic amines) is 1. The molecule has 8 heteroatoms. The molecule has 8 nitrogen and oxygen atoms in total. The van der Waals surface area contributed by atoms with Gasteiger partial charge in [-0.15, -0.1) is 0 Å². The summed E-state index contributed by atoms with van der Waals surface area (Å²) in [6.07, 6.45) is 6.22. The largest absolute Gasteiger partial charge is 0.502 e. The van der Waals surface area contributed by atoms with Crippen molar-refractivity contribution in [2.45, 2.75) is 25.3 Å². The number of aromatic hydroxyl groups is 1. The molecule has 1 aliphatic heterocycles. The second-order valence-corrected chi connectivity index (χ2v) is 5.50. The van der Waals surface area contributed by atoms with Crippen molar-refractivity contribution >= 4 is 11.6 Å². The minimum Gasteiger partial charge on any atom is -0.502 e. The number of rotatable bonds is 3. The standard InChI is InChI=1S/C15H16N4O4/c20-14-7-10(4-5-13(14)19(22)23)15(21)18-6-2-1-3-12(18)11-8-16-17-9-11/h4-5,7-9,12,20H,1-3,6H2,(H,16,17)/t12-/m1/s1. The van der Waals surface area contributed by atoms with Gasteiger partial charge in [-0.05, 0) is 31.4 Å². The Morgan fingerprint density at radius 1 is 1.43 bits per heavy atom. The van der Waals surface area contributed by atoms with Crippen LogP contribution in [0.1, 0.15) is 41.2 Å². The highest BCUT2D eigenvalue weighted by atomic mass is 16.6. The molecule has 120 valence electrons. The number of benzene rings is 1. The van der Waals surface area contributed by atoms with Gasteiger partial charge in [0.1, 0.15) is 0 Å². The monoisotopic (exact) mass is 316 g/mol. The molecule has 2 heterocycles. The van der Waals surface area contributed by atoms with Crippen LogP contribution in [0.25, 0.3) is 0 Å². The van der Waals surface area contributed by atoms with Crippen LogP contribution in [0.5, 0.6) is 5.75 Å². The number of carbonyl (C=O) groups is 1. The maximum atomic E-state index is 12.8. The molecular formula is C15H16N4O4. The van der Waals surface area contributed by atoms with Crippen molar-refractivity contribution in [2.24, 2.45) is 0 Å². The van der Waals surface area contributed by atoms with Crippen molar-refractivity contribution in [1.82, 2.24) is 15.1 Å². The molecule has 1 amide bonds. The molecule has 3 rings (SSSR count). The van der Waals surface area contributed by atoms with Crippen LogP contribution in [0.2, 0.25) is 0 Å². The second-order valence-electron chi connectivity index (χ2n) is 5.50. The van der Waals surface area contributed by atoms with E-state index in [2.05, 4.69) is 10.2 Å². The fourth-order valence-electron chi connectivity index (χ4n) is 2.94. The molecule has 1 saturated heterocycles. The highest BCUT2D eigenvalue weighted by molar-refractivity contribution is 5.95. The number of carbonyl (C=O) groups excluding carboxylic acids is 1. The zero-order chi connectivity index (χ0) is 16.4. The average Bonchev–Trinajstić information content (AvgIpc) is 3.08. The maximum Gasteiger partial charge on any atom is 0.310 e. The Morgan fingerprint density at radius 2 is 2.26 bits per heavy atom. The third kappa shape index (κ3) is 2.87. The Bertz CT molecular complexity index is 729. The van der Waals surface area contributed by atoms with E-state index in [1.165, 1.54) is 6.07 Å². The summed E-state index contributed by atoms with van der Waals surface area (Å²) < 4.78 is 0. The number of amides is 1. The van der Waals surface area contributed by atoms with E-state index in [1.54, 1.807) is 17.3 Å². The van der Waals surface area contributed by atoms with E-state index in [9.17, 15) is 20.0 Å². The number of phenolic OH excluding ortho intramolecular Hbond substituents is 1. The lowest BCUT2D eigenvalue weighted by Crippen LogP contribution is -2.38. The number of aromatic nitrogens is 2. The van der Waals surface area contributed by atoms with Crippen LogP contribution in [-0.4, -0.2) is 37.6 Å². The van der Waals surface area contributed by atoms with Crippen molar-refractivity contribution in [1.29, 1.82) is 0 Å². The molecule has 0 aliphatic carbocycles. The highest BCUT2D eigenvalue weighted by Crippen LogP contribution is 2.33. The molecule has 23 heavy (non-hydrogen) atoms. The van der Waals surface area contributed by atoms with Gasteiger partial charge in [-0.1, -0.05) is 0 Å². The lowest BCUT2D eigenvalue weighted by atomic mass is 9.96. The molecule has 0 unspecified atom stereocenters. The SMILES string of the molecule is O=C(c1ccc([N+](=O)[O-])c(O)c1)N1CCCC[C@@H]1c1cn[nH]c1. The predicted molar refractivity (Wildman–Crippen MR) is 81.0 cm³/mol. The normalized spacial score (nSPS) is 17.9. The van der Waals surface area contributed by atoms with E-state index in [-0.39, 0.29) is 17.5 Å². The van der Waals surface area contributed by atoms with Gasteiger partial charge in [0.05, 0.1) is 17.2 Å². The fourth-order valence-corrected chi connectivity index (χ4v) is 2.94. The molecule has 0 bridgehead atoms. The summed E-state index contributed by atoms with van der Waals surface area (Å²) >= 11 is 0. The minimum absolute atomic E-state index is 0.0765. The van der Waals surface area contributed by atoms with Crippen LogP contribution in [0, 0.1) is 10.1 Å². The molecule has 1 aromatic heterocycles. The topological polar surface area (TPSA) is 112 Å². The van der Waals surface area contributed by atoms with Gasteiger partial charge in [0.2, 0.25) is 0 Å².